The van der Waals surface area contributed by atoms with Crippen molar-refractivity contribution in [1.29, 1.82) is 0 Å². The number of ether oxygens (including phenoxy) is 5. The lowest BCUT2D eigenvalue weighted by Gasteiger charge is -2.23. The zero-order chi connectivity index (χ0) is 18.6. The number of nitrogens with one attached hydrogen (secondary N) is 1. The van der Waals surface area contributed by atoms with Gasteiger partial charge in [0.1, 0.15) is 18.3 Å². The van der Waals surface area contributed by atoms with E-state index in [0.29, 0.717) is 0 Å². The summed E-state index contributed by atoms with van der Waals surface area (Å²) >= 11 is 0. The Balaban J connectivity index is 2.13. The molecule has 25 heavy (non-hydrogen) atoms. The van der Waals surface area contributed by atoms with Crippen LogP contribution in [0.3, 0.4) is 0 Å². The van der Waals surface area contributed by atoms with E-state index in [1.165, 1.54) is 6.20 Å². The topological polar surface area (TPSA) is 118 Å². The van der Waals surface area contributed by atoms with Gasteiger partial charge in [0.2, 0.25) is 0 Å². The van der Waals surface area contributed by atoms with Gasteiger partial charge < -0.3 is 34.7 Å². The van der Waals surface area contributed by atoms with Gasteiger partial charge >= 0.3 is 11.9 Å². The van der Waals surface area contributed by atoms with Crippen LogP contribution in [0.15, 0.2) is 11.8 Å². The van der Waals surface area contributed by atoms with Crippen LogP contribution in [0.5, 0.6) is 0 Å². The predicted octanol–water partition coefficient (Wildman–Crippen LogP) is -0.210. The lowest BCUT2D eigenvalue weighted by Crippen LogP contribution is -2.39. The Labute approximate surface area is 146 Å². The molecule has 0 bridgehead atoms. The Morgan fingerprint density at radius 1 is 1.12 bits per heavy atom. The van der Waals surface area contributed by atoms with Gasteiger partial charge in [-0.25, -0.2) is 9.59 Å². The first-order valence-corrected chi connectivity index (χ1v) is 8.34. The van der Waals surface area contributed by atoms with Crippen molar-refractivity contribution in [2.75, 3.05) is 19.8 Å². The summed E-state index contributed by atoms with van der Waals surface area (Å²) in [6.07, 6.45) is -0.513. The largest absolute Gasteiger partial charge is 0.462 e. The van der Waals surface area contributed by atoms with Gasteiger partial charge in [-0.05, 0) is 27.7 Å². The third-order valence-electron chi connectivity index (χ3n) is 3.76. The Morgan fingerprint density at radius 3 is 2.20 bits per heavy atom. The fourth-order valence-corrected chi connectivity index (χ4v) is 2.79. The van der Waals surface area contributed by atoms with Gasteiger partial charge in [-0.2, -0.15) is 0 Å². The molecule has 0 spiro atoms. The van der Waals surface area contributed by atoms with E-state index in [1.54, 1.807) is 27.7 Å². The molecule has 2 heterocycles. The minimum Gasteiger partial charge on any atom is -0.462 e. The zero-order valence-corrected chi connectivity index (χ0v) is 14.9. The number of hydrogen-bond acceptors (Lipinski definition) is 9. The molecule has 3 N–H and O–H groups in total. The van der Waals surface area contributed by atoms with Gasteiger partial charge in [0.15, 0.2) is 17.6 Å². The van der Waals surface area contributed by atoms with Crippen LogP contribution in [0.25, 0.3) is 0 Å². The van der Waals surface area contributed by atoms with Crippen molar-refractivity contribution in [3.8, 4) is 0 Å². The summed E-state index contributed by atoms with van der Waals surface area (Å²) in [6.45, 7) is 7.43. The number of carbonyl (C=O) groups excluding carboxylic acids is 2. The van der Waals surface area contributed by atoms with Crippen LogP contribution >= 0.6 is 0 Å². The third kappa shape index (κ3) is 4.49. The van der Waals surface area contributed by atoms with E-state index in [4.69, 9.17) is 29.4 Å². The molecule has 9 nitrogen and oxygen atoms in total. The lowest BCUT2D eigenvalue weighted by molar-refractivity contribution is -0.187. The number of hydrogen-bond donors (Lipinski definition) is 2. The van der Waals surface area contributed by atoms with E-state index in [-0.39, 0.29) is 37.5 Å². The van der Waals surface area contributed by atoms with Crippen molar-refractivity contribution < 1.29 is 33.3 Å². The molecular weight excluding hydrogens is 332 g/mol. The molecule has 2 aliphatic heterocycles. The monoisotopic (exact) mass is 358 g/mol. The molecule has 2 fully saturated rings. The summed E-state index contributed by atoms with van der Waals surface area (Å²) in [5.41, 5.74) is 5.47. The Morgan fingerprint density at radius 2 is 1.68 bits per heavy atom. The van der Waals surface area contributed by atoms with Gasteiger partial charge in [-0.3, -0.25) is 0 Å². The second-order valence-corrected chi connectivity index (χ2v) is 6.06. The first kappa shape index (κ1) is 19.6. The maximum Gasteiger partial charge on any atom is 0.347 e. The molecule has 0 radical (unpaired) electrons. The van der Waals surface area contributed by atoms with Crippen molar-refractivity contribution in [2.24, 2.45) is 5.73 Å². The third-order valence-corrected chi connectivity index (χ3v) is 3.76. The Hall–Kier alpha value is -1.68. The predicted molar refractivity (Wildman–Crippen MR) is 86.0 cm³/mol. The minimum absolute atomic E-state index is 0.139. The average Bonchev–Trinajstić information content (AvgIpc) is 3.01. The first-order chi connectivity index (χ1) is 11.8. The number of fused-ring (bicyclic) bond motifs is 1. The molecule has 2 rings (SSSR count). The smallest absolute Gasteiger partial charge is 0.347 e. The standard InChI is InChI=1S/C16H26N2O7/c1-5-21-14(19)9(15(20)22-6-2)8-18-13-12-11(10(7-17)23-13)24-16(3,4)25-12/h8,10-13,18H,5-7,17H2,1-4H3/t10-,11-,12-,13+/m1/s1. The molecule has 142 valence electrons. The van der Waals surface area contributed by atoms with Crippen molar-refractivity contribution in [2.45, 2.75) is 58.0 Å². The van der Waals surface area contributed by atoms with Gasteiger partial charge in [-0.1, -0.05) is 0 Å². The summed E-state index contributed by atoms with van der Waals surface area (Å²) < 4.78 is 27.2. The van der Waals surface area contributed by atoms with Crippen LogP contribution in [0, 0.1) is 0 Å². The SMILES string of the molecule is CCOC(=O)C(=CN[C@H]1O[C@H](CN)[C@H]2OC(C)(C)O[C@H]21)C(=O)OCC. The van der Waals surface area contributed by atoms with Crippen molar-refractivity contribution in [3.05, 3.63) is 11.8 Å². The molecule has 0 unspecified atom stereocenters. The lowest BCUT2D eigenvalue weighted by atomic mass is 10.1. The van der Waals surface area contributed by atoms with Gasteiger partial charge in [0.25, 0.3) is 0 Å². The number of esters is 2. The fourth-order valence-electron chi connectivity index (χ4n) is 2.79. The summed E-state index contributed by atoms with van der Waals surface area (Å²) in [5.74, 6) is -2.31. The molecule has 0 aliphatic carbocycles. The van der Waals surface area contributed by atoms with E-state index >= 15 is 0 Å². The second-order valence-electron chi connectivity index (χ2n) is 6.06. The van der Waals surface area contributed by atoms with Gasteiger partial charge in [0.05, 0.1) is 13.2 Å². The number of rotatable bonds is 7. The highest BCUT2D eigenvalue weighted by Crippen LogP contribution is 2.37. The maximum absolute atomic E-state index is 12.0. The molecule has 4 atom stereocenters. The van der Waals surface area contributed by atoms with Gasteiger partial charge in [-0.15, -0.1) is 0 Å². The molecule has 0 aromatic heterocycles. The Kier molecular flexibility index (Phi) is 6.39. The van der Waals surface area contributed by atoms with Crippen LogP contribution in [-0.2, 0) is 33.3 Å². The highest BCUT2D eigenvalue weighted by molar-refractivity contribution is 6.13. The minimum atomic E-state index is -0.776. The van der Waals surface area contributed by atoms with Crippen LogP contribution in [0.2, 0.25) is 0 Å². The molecule has 2 saturated heterocycles. The Bertz CT molecular complexity index is 515. The normalized spacial score (nSPS) is 29.6. The highest BCUT2D eigenvalue weighted by atomic mass is 16.8. The van der Waals surface area contributed by atoms with Crippen molar-refractivity contribution >= 4 is 11.9 Å². The summed E-state index contributed by atoms with van der Waals surface area (Å²) in [5, 5.41) is 2.89. The highest BCUT2D eigenvalue weighted by Gasteiger charge is 2.54. The first-order valence-electron chi connectivity index (χ1n) is 8.34. The van der Waals surface area contributed by atoms with E-state index < -0.39 is 30.1 Å². The van der Waals surface area contributed by atoms with Gasteiger partial charge in [0, 0.05) is 12.7 Å². The number of nitrogens with two attached hydrogens (primary N) is 1. The summed E-state index contributed by atoms with van der Waals surface area (Å²) in [4.78, 5) is 23.9. The van der Waals surface area contributed by atoms with Crippen LogP contribution in [-0.4, -0.2) is 62.0 Å². The maximum atomic E-state index is 12.0. The molecular formula is C16H26N2O7. The van der Waals surface area contributed by atoms with Crippen LogP contribution in [0.1, 0.15) is 27.7 Å². The van der Waals surface area contributed by atoms with Crippen molar-refractivity contribution in [1.82, 2.24) is 5.32 Å². The molecule has 9 heteroatoms. The summed E-state index contributed by atoms with van der Waals surface area (Å²) in [6, 6.07) is 0. The van der Waals surface area contributed by atoms with Crippen LogP contribution < -0.4 is 11.1 Å². The van der Waals surface area contributed by atoms with E-state index in [9.17, 15) is 9.59 Å². The molecule has 0 saturated carbocycles. The molecule has 0 amide bonds. The molecule has 0 aromatic rings. The molecule has 2 aliphatic rings. The second kappa shape index (κ2) is 8.13. The quantitative estimate of drug-likeness (QED) is 0.276. The summed E-state index contributed by atoms with van der Waals surface area (Å²) in [7, 11) is 0. The zero-order valence-electron chi connectivity index (χ0n) is 14.9. The fraction of sp³-hybridized carbons (Fsp3) is 0.750. The van der Waals surface area contributed by atoms with E-state index in [0.717, 1.165) is 0 Å². The van der Waals surface area contributed by atoms with E-state index in [2.05, 4.69) is 5.32 Å². The number of carbonyl (C=O) groups is 2. The molecule has 0 aromatic carbocycles. The average molecular weight is 358 g/mol. The van der Waals surface area contributed by atoms with Crippen molar-refractivity contribution in [3.63, 3.8) is 0 Å². The van der Waals surface area contributed by atoms with E-state index in [1.807, 2.05) is 0 Å². The van der Waals surface area contributed by atoms with Crippen LogP contribution in [0.4, 0.5) is 0 Å².